The Hall–Kier alpha value is -3.16. The van der Waals surface area contributed by atoms with E-state index in [4.69, 9.17) is 0 Å². The average molecular weight is 265 g/mol. The largest absolute Gasteiger partial charge is 0.285 e. The highest BCUT2D eigenvalue weighted by atomic mass is 16.1. The zero-order valence-corrected chi connectivity index (χ0v) is 10.1. The molecule has 8 heteroatoms. The summed E-state index contributed by atoms with van der Waals surface area (Å²) in [7, 11) is 0. The summed E-state index contributed by atoms with van der Waals surface area (Å²) in [5, 5.41) is 11.8. The number of rotatable bonds is 1. The Morgan fingerprint density at radius 3 is 2.95 bits per heavy atom. The summed E-state index contributed by atoms with van der Waals surface area (Å²) in [6, 6.07) is 5.31. The Morgan fingerprint density at radius 2 is 2.10 bits per heavy atom. The van der Waals surface area contributed by atoms with Gasteiger partial charge in [0.15, 0.2) is 5.52 Å². The van der Waals surface area contributed by atoms with Gasteiger partial charge in [-0.05, 0) is 18.2 Å². The first kappa shape index (κ1) is 10.7. The van der Waals surface area contributed by atoms with E-state index in [0.717, 1.165) is 0 Å². The lowest BCUT2D eigenvalue weighted by Gasteiger charge is -2.05. The van der Waals surface area contributed by atoms with Gasteiger partial charge in [-0.25, -0.2) is 0 Å². The lowest BCUT2D eigenvalue weighted by molar-refractivity contribution is 0.912. The van der Waals surface area contributed by atoms with Crippen LogP contribution in [0.15, 0.2) is 47.9 Å². The molecule has 4 heterocycles. The van der Waals surface area contributed by atoms with Gasteiger partial charge in [-0.15, -0.1) is 10.2 Å². The van der Waals surface area contributed by atoms with Crippen LogP contribution in [0, 0.1) is 0 Å². The molecule has 4 aromatic heterocycles. The highest BCUT2D eigenvalue weighted by Crippen LogP contribution is 2.09. The van der Waals surface area contributed by atoms with E-state index in [9.17, 15) is 4.79 Å². The molecule has 0 fully saturated rings. The molecule has 0 saturated carbocycles. The maximum atomic E-state index is 12.5. The molecule has 8 nitrogen and oxygen atoms in total. The van der Waals surface area contributed by atoms with Crippen LogP contribution in [0.3, 0.4) is 0 Å². The van der Waals surface area contributed by atoms with Crippen molar-refractivity contribution in [3.63, 3.8) is 0 Å². The molecule has 0 aliphatic carbocycles. The number of hydrogen-bond acceptors (Lipinski definition) is 6. The van der Waals surface area contributed by atoms with Gasteiger partial charge in [0.25, 0.3) is 11.3 Å². The van der Waals surface area contributed by atoms with E-state index in [-0.39, 0.29) is 11.1 Å². The third-order valence-electron chi connectivity index (χ3n) is 2.97. The zero-order chi connectivity index (χ0) is 13.5. The van der Waals surface area contributed by atoms with Crippen molar-refractivity contribution in [1.29, 1.82) is 0 Å². The molecule has 0 saturated heterocycles. The predicted molar refractivity (Wildman–Crippen MR) is 69.5 cm³/mol. The normalized spacial score (nSPS) is 11.2. The van der Waals surface area contributed by atoms with E-state index in [2.05, 4.69) is 25.3 Å². The Labute approximate surface area is 111 Å². The summed E-state index contributed by atoms with van der Waals surface area (Å²) in [5.74, 6) is 0.357. The Balaban J connectivity index is 2.10. The van der Waals surface area contributed by atoms with Crippen molar-refractivity contribution >= 4 is 16.8 Å². The molecular formula is C12H7N7O. The molecule has 0 aliphatic heterocycles. The topological polar surface area (TPSA) is 90.9 Å². The minimum Gasteiger partial charge on any atom is -0.281 e. The van der Waals surface area contributed by atoms with Crippen molar-refractivity contribution in [2.75, 3.05) is 0 Å². The first-order valence-electron chi connectivity index (χ1n) is 5.83. The van der Waals surface area contributed by atoms with Crippen LogP contribution in [0.2, 0.25) is 0 Å². The van der Waals surface area contributed by atoms with Gasteiger partial charge in [-0.3, -0.25) is 14.3 Å². The zero-order valence-electron chi connectivity index (χ0n) is 10.1. The standard InChI is InChI=1S/C12H7N7O/c20-11-10-9(19-12(17-16-10)14-7-15-19)3-5-18(11)8-2-1-4-13-6-8/h1-7H. The van der Waals surface area contributed by atoms with Crippen molar-refractivity contribution < 1.29 is 0 Å². The van der Waals surface area contributed by atoms with E-state index in [1.807, 2.05) is 0 Å². The van der Waals surface area contributed by atoms with Crippen molar-refractivity contribution in [2.24, 2.45) is 0 Å². The third-order valence-corrected chi connectivity index (χ3v) is 2.97. The summed E-state index contributed by atoms with van der Waals surface area (Å²) < 4.78 is 2.95. The van der Waals surface area contributed by atoms with Gasteiger partial charge in [0.1, 0.15) is 11.8 Å². The van der Waals surface area contributed by atoms with Gasteiger partial charge in [0, 0.05) is 12.4 Å². The molecule has 4 aromatic rings. The summed E-state index contributed by atoms with van der Waals surface area (Å²) >= 11 is 0. The van der Waals surface area contributed by atoms with Gasteiger partial charge in [0.2, 0.25) is 0 Å². The fourth-order valence-electron chi connectivity index (χ4n) is 2.05. The second kappa shape index (κ2) is 3.92. The maximum absolute atomic E-state index is 12.5. The average Bonchev–Trinajstić information content (AvgIpc) is 2.97. The minimum atomic E-state index is -0.277. The van der Waals surface area contributed by atoms with E-state index in [1.165, 1.54) is 15.4 Å². The number of pyridine rings is 2. The molecule has 0 aliphatic rings. The lowest BCUT2D eigenvalue weighted by Crippen LogP contribution is -2.20. The molecule has 20 heavy (non-hydrogen) atoms. The highest BCUT2D eigenvalue weighted by molar-refractivity contribution is 5.74. The molecule has 0 unspecified atom stereocenters. The van der Waals surface area contributed by atoms with Gasteiger partial charge >= 0.3 is 0 Å². The number of aromatic nitrogens is 7. The fraction of sp³-hybridized carbons (Fsp3) is 0. The van der Waals surface area contributed by atoms with Crippen molar-refractivity contribution in [1.82, 2.24) is 34.3 Å². The van der Waals surface area contributed by atoms with Gasteiger partial charge in [-0.2, -0.15) is 14.6 Å². The predicted octanol–water partition coefficient (Wildman–Crippen LogP) is 0.218. The summed E-state index contributed by atoms with van der Waals surface area (Å²) in [4.78, 5) is 20.4. The van der Waals surface area contributed by atoms with Crippen LogP contribution in [0.25, 0.3) is 22.5 Å². The van der Waals surface area contributed by atoms with Gasteiger partial charge in [0.05, 0.1) is 11.9 Å². The van der Waals surface area contributed by atoms with Crippen LogP contribution >= 0.6 is 0 Å². The molecule has 0 N–H and O–H groups in total. The third kappa shape index (κ3) is 1.41. The minimum absolute atomic E-state index is 0.231. The molecule has 0 radical (unpaired) electrons. The van der Waals surface area contributed by atoms with Crippen LogP contribution in [-0.4, -0.2) is 34.3 Å². The molecular weight excluding hydrogens is 258 g/mol. The Morgan fingerprint density at radius 1 is 1.15 bits per heavy atom. The smallest absolute Gasteiger partial charge is 0.281 e. The molecule has 0 spiro atoms. The van der Waals surface area contributed by atoms with E-state index in [1.54, 1.807) is 36.8 Å². The first-order chi connectivity index (χ1) is 9.84. The number of hydrogen-bond donors (Lipinski definition) is 0. The van der Waals surface area contributed by atoms with Crippen molar-refractivity contribution in [3.05, 3.63) is 53.5 Å². The molecule has 0 amide bonds. The van der Waals surface area contributed by atoms with E-state index < -0.39 is 0 Å². The maximum Gasteiger partial charge on any atom is 0.285 e. The van der Waals surface area contributed by atoms with E-state index >= 15 is 0 Å². The monoisotopic (exact) mass is 265 g/mol. The quantitative estimate of drug-likeness (QED) is 0.489. The number of fused-ring (bicyclic) bond motifs is 3. The van der Waals surface area contributed by atoms with E-state index in [0.29, 0.717) is 17.0 Å². The van der Waals surface area contributed by atoms with Gasteiger partial charge < -0.3 is 0 Å². The Bertz CT molecular complexity index is 973. The molecule has 0 bridgehead atoms. The molecule has 0 aromatic carbocycles. The number of nitrogens with zero attached hydrogens (tertiary/aromatic N) is 7. The summed E-state index contributed by atoms with van der Waals surface area (Å²) in [6.07, 6.45) is 6.28. The Kier molecular flexibility index (Phi) is 2.10. The van der Waals surface area contributed by atoms with Crippen molar-refractivity contribution in [3.8, 4) is 5.69 Å². The summed E-state index contributed by atoms with van der Waals surface area (Å²) in [6.45, 7) is 0. The molecule has 0 atom stereocenters. The van der Waals surface area contributed by atoms with Crippen LogP contribution < -0.4 is 5.56 Å². The van der Waals surface area contributed by atoms with Crippen LogP contribution in [0.5, 0.6) is 0 Å². The molecule has 4 rings (SSSR count). The van der Waals surface area contributed by atoms with Gasteiger partial charge in [-0.1, -0.05) is 0 Å². The SMILES string of the molecule is O=c1c2nnc3ncnn3c2ccn1-c1cccnc1. The van der Waals surface area contributed by atoms with Crippen LogP contribution in [-0.2, 0) is 0 Å². The first-order valence-corrected chi connectivity index (χ1v) is 5.83. The molecule has 96 valence electrons. The highest BCUT2D eigenvalue weighted by Gasteiger charge is 2.10. The van der Waals surface area contributed by atoms with Crippen LogP contribution in [0.1, 0.15) is 0 Å². The van der Waals surface area contributed by atoms with Crippen molar-refractivity contribution in [2.45, 2.75) is 0 Å². The summed E-state index contributed by atoms with van der Waals surface area (Å²) in [5.41, 5.74) is 1.19. The fourth-order valence-corrected chi connectivity index (χ4v) is 2.05. The second-order valence-corrected chi connectivity index (χ2v) is 4.11. The lowest BCUT2D eigenvalue weighted by atomic mass is 10.3. The second-order valence-electron chi connectivity index (χ2n) is 4.11. The van der Waals surface area contributed by atoms with Crippen LogP contribution in [0.4, 0.5) is 0 Å².